The molecule has 234 valence electrons. The van der Waals surface area contributed by atoms with Crippen LogP contribution < -0.4 is 21.6 Å². The van der Waals surface area contributed by atoms with Crippen molar-refractivity contribution in [3.63, 3.8) is 0 Å². The summed E-state index contributed by atoms with van der Waals surface area (Å²) in [7, 11) is 0. The lowest BCUT2D eigenvalue weighted by Crippen LogP contribution is -2.48. The van der Waals surface area contributed by atoms with E-state index < -0.39 is 42.5 Å². The van der Waals surface area contributed by atoms with Crippen molar-refractivity contribution in [2.24, 2.45) is 0 Å². The summed E-state index contributed by atoms with van der Waals surface area (Å²) < 4.78 is 48.2. The van der Waals surface area contributed by atoms with E-state index >= 15 is 0 Å². The molecule has 44 heavy (non-hydrogen) atoms. The fraction of sp³-hybridized carbons (Fsp3) is 0.379. The topological polar surface area (TPSA) is 154 Å². The lowest BCUT2D eigenvalue weighted by atomic mass is 9.90. The minimum Gasteiger partial charge on any atom is -0.445 e. The van der Waals surface area contributed by atoms with Crippen LogP contribution in [-0.4, -0.2) is 56.9 Å². The summed E-state index contributed by atoms with van der Waals surface area (Å²) in [4.78, 5) is 57.7. The number of alkyl halides is 3. The van der Waals surface area contributed by atoms with Crippen molar-refractivity contribution in [2.75, 3.05) is 10.6 Å². The average molecular weight is 617 g/mol. The number of nitrogens with zero attached hydrogens (tertiary/aromatic N) is 3. The summed E-state index contributed by atoms with van der Waals surface area (Å²) in [5.41, 5.74) is 0.225. The van der Waals surface area contributed by atoms with E-state index in [1.165, 1.54) is 6.20 Å². The third-order valence-electron chi connectivity index (χ3n) is 6.86. The molecule has 2 aromatic heterocycles. The number of ether oxygens (including phenoxy) is 2. The van der Waals surface area contributed by atoms with Gasteiger partial charge in [0.15, 0.2) is 0 Å². The van der Waals surface area contributed by atoms with Gasteiger partial charge in [0.25, 0.3) is 0 Å². The number of pyridine rings is 1. The van der Waals surface area contributed by atoms with Gasteiger partial charge in [0.2, 0.25) is 0 Å². The number of benzene rings is 1. The Kier molecular flexibility index (Phi) is 10.5. The largest absolute Gasteiger partial charge is 0.491 e. The number of alkyl carbamates (subject to hydrolysis) is 1. The standard InChI is InChI=1S/C29H31F3N6O6/c1-18-15-38(27(41)37-24(18)35-21-12-6-5-11-20(21)34-23-13-7-8-14-33-23)16-22(25(39)44-26(40)29(30,31)32)36-28(42)43-17-19-9-3-2-4-10-19/h2-4,7-10,13-15,20-22H,5-6,11-12,16-17H2,1H3,(H,33,34)(H,36,42)(H,35,37,41)/t20?,21?,22-/m0/s1. The van der Waals surface area contributed by atoms with E-state index in [-0.39, 0.29) is 24.5 Å². The first-order valence-corrected chi connectivity index (χ1v) is 13.8. The highest BCUT2D eigenvalue weighted by Crippen LogP contribution is 2.25. The summed E-state index contributed by atoms with van der Waals surface area (Å²) in [5.74, 6) is -3.51. The summed E-state index contributed by atoms with van der Waals surface area (Å²) in [5, 5.41) is 8.79. The molecule has 3 N–H and O–H groups in total. The molecule has 1 aliphatic carbocycles. The van der Waals surface area contributed by atoms with Crippen molar-refractivity contribution in [1.29, 1.82) is 0 Å². The minimum atomic E-state index is -5.46. The number of hydrogen-bond acceptors (Lipinski definition) is 10. The zero-order valence-electron chi connectivity index (χ0n) is 23.7. The zero-order valence-corrected chi connectivity index (χ0v) is 23.7. The summed E-state index contributed by atoms with van der Waals surface area (Å²) >= 11 is 0. The number of rotatable bonds is 10. The lowest BCUT2D eigenvalue weighted by Gasteiger charge is -2.33. The molecule has 2 heterocycles. The summed E-state index contributed by atoms with van der Waals surface area (Å²) in [6.45, 7) is 0.746. The SMILES string of the molecule is Cc1cn(C[C@H](NC(=O)OCc2ccccc2)C(=O)OC(=O)C(F)(F)F)c(=O)nc1NC1CCCCC1Nc1ccccn1. The van der Waals surface area contributed by atoms with E-state index in [0.29, 0.717) is 16.9 Å². The number of carbonyl (C=O) groups is 3. The van der Waals surface area contributed by atoms with Crippen LogP contribution in [0.5, 0.6) is 0 Å². The van der Waals surface area contributed by atoms with Crippen LogP contribution in [0, 0.1) is 6.92 Å². The molecule has 12 nitrogen and oxygen atoms in total. The Hall–Kier alpha value is -4.95. The maximum atomic E-state index is 13.0. The third-order valence-corrected chi connectivity index (χ3v) is 6.86. The molecule has 3 aromatic rings. The molecule has 1 fully saturated rings. The van der Waals surface area contributed by atoms with Crippen LogP contribution in [0.4, 0.5) is 29.6 Å². The lowest BCUT2D eigenvalue weighted by molar-refractivity contribution is -0.202. The molecule has 1 saturated carbocycles. The smallest absolute Gasteiger partial charge is 0.445 e. The quantitative estimate of drug-likeness (QED) is 0.227. The van der Waals surface area contributed by atoms with E-state index in [1.807, 2.05) is 18.2 Å². The van der Waals surface area contributed by atoms with Gasteiger partial charge in [-0.15, -0.1) is 0 Å². The van der Waals surface area contributed by atoms with E-state index in [9.17, 15) is 32.3 Å². The van der Waals surface area contributed by atoms with Gasteiger partial charge in [0.1, 0.15) is 24.3 Å². The van der Waals surface area contributed by atoms with Crippen LogP contribution in [0.2, 0.25) is 0 Å². The van der Waals surface area contributed by atoms with Crippen molar-refractivity contribution in [1.82, 2.24) is 19.9 Å². The number of aromatic nitrogens is 3. The maximum absolute atomic E-state index is 13.0. The maximum Gasteiger partial charge on any atom is 0.491 e. The van der Waals surface area contributed by atoms with Crippen LogP contribution in [0.25, 0.3) is 0 Å². The first kappa shape index (κ1) is 32.0. The fourth-order valence-corrected chi connectivity index (χ4v) is 4.67. The molecular weight excluding hydrogens is 585 g/mol. The predicted molar refractivity (Wildman–Crippen MR) is 151 cm³/mol. The molecule has 0 bridgehead atoms. The highest BCUT2D eigenvalue weighted by Gasteiger charge is 2.43. The molecule has 0 radical (unpaired) electrons. The van der Waals surface area contributed by atoms with Crippen molar-refractivity contribution in [3.8, 4) is 0 Å². The molecule has 0 saturated heterocycles. The van der Waals surface area contributed by atoms with Gasteiger partial charge >= 0.3 is 29.9 Å². The van der Waals surface area contributed by atoms with Gasteiger partial charge in [-0.05, 0) is 37.5 Å². The Labute approximate surface area is 250 Å². The van der Waals surface area contributed by atoms with Gasteiger partial charge in [-0.2, -0.15) is 18.2 Å². The van der Waals surface area contributed by atoms with Gasteiger partial charge in [-0.1, -0.05) is 49.2 Å². The van der Waals surface area contributed by atoms with Gasteiger partial charge < -0.3 is 25.4 Å². The molecule has 0 aliphatic heterocycles. The molecular formula is C29H31F3N6O6. The monoisotopic (exact) mass is 616 g/mol. The summed E-state index contributed by atoms with van der Waals surface area (Å²) in [6.07, 6.45) is -0.00829. The molecule has 1 amide bonds. The van der Waals surface area contributed by atoms with Crippen molar-refractivity contribution in [2.45, 2.75) is 70.1 Å². The third kappa shape index (κ3) is 9.02. The number of aryl methyl sites for hydroxylation is 1. The first-order valence-electron chi connectivity index (χ1n) is 13.8. The molecule has 1 aromatic carbocycles. The van der Waals surface area contributed by atoms with Crippen LogP contribution in [-0.2, 0) is 32.2 Å². The molecule has 15 heteroatoms. The molecule has 2 unspecified atom stereocenters. The Morgan fingerprint density at radius 1 is 1.02 bits per heavy atom. The zero-order chi connectivity index (χ0) is 31.7. The number of hydrogen-bond donors (Lipinski definition) is 3. The second-order valence-electron chi connectivity index (χ2n) is 10.2. The summed E-state index contributed by atoms with van der Waals surface area (Å²) in [6, 6.07) is 12.0. The number of carbonyl (C=O) groups excluding carboxylic acids is 3. The van der Waals surface area contributed by atoms with Crippen molar-refractivity contribution >= 4 is 29.7 Å². The predicted octanol–water partition coefficient (Wildman–Crippen LogP) is 3.71. The Balaban J connectivity index is 1.48. The van der Waals surface area contributed by atoms with Gasteiger partial charge in [0.05, 0.1) is 6.54 Å². The average Bonchev–Trinajstić information content (AvgIpc) is 2.99. The Bertz CT molecular complexity index is 1500. The van der Waals surface area contributed by atoms with Gasteiger partial charge in [-0.25, -0.2) is 24.2 Å². The number of halogens is 3. The van der Waals surface area contributed by atoms with Crippen LogP contribution >= 0.6 is 0 Å². The Morgan fingerprint density at radius 2 is 1.70 bits per heavy atom. The number of nitrogens with one attached hydrogen (secondary N) is 3. The molecule has 3 atom stereocenters. The van der Waals surface area contributed by atoms with E-state index in [2.05, 4.69) is 30.7 Å². The van der Waals surface area contributed by atoms with E-state index in [4.69, 9.17) is 4.74 Å². The second kappa shape index (κ2) is 14.5. The van der Waals surface area contributed by atoms with Gasteiger partial charge in [0, 0.05) is 30.0 Å². The fourth-order valence-electron chi connectivity index (χ4n) is 4.67. The van der Waals surface area contributed by atoms with Crippen molar-refractivity contribution < 1.29 is 37.0 Å². The Morgan fingerprint density at radius 3 is 2.36 bits per heavy atom. The normalized spacial score (nSPS) is 17.2. The highest BCUT2D eigenvalue weighted by atomic mass is 19.4. The second-order valence-corrected chi connectivity index (χ2v) is 10.2. The number of amides is 1. The minimum absolute atomic E-state index is 0.00120. The highest BCUT2D eigenvalue weighted by molar-refractivity contribution is 5.92. The van der Waals surface area contributed by atoms with Crippen LogP contribution in [0.1, 0.15) is 36.8 Å². The van der Waals surface area contributed by atoms with Crippen LogP contribution in [0.15, 0.2) is 65.7 Å². The van der Waals surface area contributed by atoms with Gasteiger partial charge in [-0.3, -0.25) is 4.57 Å². The van der Waals surface area contributed by atoms with E-state index in [0.717, 1.165) is 30.3 Å². The first-order chi connectivity index (χ1) is 21.0. The van der Waals surface area contributed by atoms with Crippen molar-refractivity contribution in [3.05, 3.63) is 82.5 Å². The molecule has 0 spiro atoms. The number of anilines is 2. The molecule has 1 aliphatic rings. The number of esters is 2. The molecule has 4 rings (SSSR count). The van der Waals surface area contributed by atoms with E-state index in [1.54, 1.807) is 43.5 Å². The van der Waals surface area contributed by atoms with Crippen LogP contribution in [0.3, 0.4) is 0 Å².